The van der Waals surface area contributed by atoms with Gasteiger partial charge in [-0.25, -0.2) is 13.2 Å². The van der Waals surface area contributed by atoms with E-state index in [1.54, 1.807) is 43.3 Å². The summed E-state index contributed by atoms with van der Waals surface area (Å²) in [6, 6.07) is 14.1. The average Bonchev–Trinajstić information content (AvgIpc) is 3.33. The number of halogens is 3. The van der Waals surface area contributed by atoms with E-state index in [-0.39, 0.29) is 51.2 Å². The van der Waals surface area contributed by atoms with Crippen LogP contribution in [0.5, 0.6) is 5.75 Å². The summed E-state index contributed by atoms with van der Waals surface area (Å²) in [6.45, 7) is 1.70. The van der Waals surface area contributed by atoms with Crippen LogP contribution in [0.3, 0.4) is 0 Å². The number of benzene rings is 2. The Morgan fingerprint density at radius 3 is 2.26 bits per heavy atom. The molecule has 1 aliphatic carbocycles. The zero-order valence-electron chi connectivity index (χ0n) is 25.6. The Bertz CT molecular complexity index is 1590. The maximum Gasteiger partial charge on any atom is 0.534 e. The largest absolute Gasteiger partial charge is 0.534 e. The molecule has 2 aliphatic rings. The van der Waals surface area contributed by atoms with E-state index in [1.165, 1.54) is 22.4 Å². The number of amides is 1. The van der Waals surface area contributed by atoms with Gasteiger partial charge in [-0.1, -0.05) is 42.5 Å². The molecule has 2 aromatic rings. The van der Waals surface area contributed by atoms with Crippen LogP contribution >= 0.6 is 0 Å². The number of ether oxygens (including phenoxy) is 3. The predicted molar refractivity (Wildman–Crippen MR) is 161 cm³/mol. The van der Waals surface area contributed by atoms with E-state index in [4.69, 9.17) is 14.2 Å². The quantitative estimate of drug-likeness (QED) is 0.225. The maximum absolute atomic E-state index is 13.5. The fourth-order valence-electron chi connectivity index (χ4n) is 5.57. The molecule has 1 saturated heterocycles. The lowest BCUT2D eigenvalue weighted by molar-refractivity contribution is -0.0528. The Morgan fingerprint density at radius 1 is 1.02 bits per heavy atom. The van der Waals surface area contributed by atoms with Crippen LogP contribution in [0.25, 0.3) is 0 Å². The second-order valence-electron chi connectivity index (χ2n) is 11.2. The van der Waals surface area contributed by atoms with E-state index in [0.29, 0.717) is 11.3 Å². The SMILES string of the molecule is COc1ccc(CN([C@H]2C[C@@H](C)N(C(=O)OCc3ccccc3)[C@H]2COC2CC=C(OS(=O)(=O)C(F)(F)F)CC2)S(C)(=O)=O)cc1. The first-order chi connectivity index (χ1) is 21.6. The first-order valence-electron chi connectivity index (χ1n) is 14.5. The molecule has 1 heterocycles. The van der Waals surface area contributed by atoms with Gasteiger partial charge in [0.15, 0.2) is 0 Å². The van der Waals surface area contributed by atoms with Crippen molar-refractivity contribution in [2.75, 3.05) is 20.0 Å². The number of nitrogens with zero attached hydrogens (tertiary/aromatic N) is 2. The molecule has 0 N–H and O–H groups in total. The highest BCUT2D eigenvalue weighted by atomic mass is 32.2. The number of carbonyl (C=O) groups excluding carboxylic acids is 1. The number of likely N-dealkylation sites (tertiary alicyclic amines) is 1. The Hall–Kier alpha value is -3.34. The van der Waals surface area contributed by atoms with Crippen molar-refractivity contribution in [3.8, 4) is 5.75 Å². The lowest BCUT2D eigenvalue weighted by Gasteiger charge is -2.35. The van der Waals surface area contributed by atoms with Crippen LogP contribution in [-0.2, 0) is 46.9 Å². The molecule has 16 heteroatoms. The molecule has 4 atom stereocenters. The third-order valence-electron chi connectivity index (χ3n) is 7.89. The van der Waals surface area contributed by atoms with Crippen molar-refractivity contribution in [2.45, 2.75) is 75.5 Å². The molecule has 4 rings (SSSR count). The molecule has 46 heavy (non-hydrogen) atoms. The number of hydrogen-bond acceptors (Lipinski definition) is 9. The number of hydrogen-bond donors (Lipinski definition) is 0. The number of methoxy groups -OCH3 is 1. The molecular formula is C30H37F3N2O9S2. The minimum atomic E-state index is -5.79. The lowest BCUT2D eigenvalue weighted by Crippen LogP contribution is -2.51. The van der Waals surface area contributed by atoms with Crippen LogP contribution in [0.2, 0.25) is 0 Å². The van der Waals surface area contributed by atoms with Crippen LogP contribution in [0.15, 0.2) is 66.4 Å². The van der Waals surface area contributed by atoms with Gasteiger partial charge in [0.25, 0.3) is 0 Å². The fraction of sp³-hybridized carbons (Fsp3) is 0.500. The Balaban J connectivity index is 1.54. The molecule has 254 valence electrons. The summed E-state index contributed by atoms with van der Waals surface area (Å²) >= 11 is 0. The number of allylic oxidation sites excluding steroid dienone is 1. The van der Waals surface area contributed by atoms with Crippen molar-refractivity contribution in [3.63, 3.8) is 0 Å². The summed E-state index contributed by atoms with van der Waals surface area (Å²) < 4.78 is 110. The van der Waals surface area contributed by atoms with Gasteiger partial charge in [-0.2, -0.15) is 25.9 Å². The van der Waals surface area contributed by atoms with E-state index in [2.05, 4.69) is 4.18 Å². The first kappa shape index (κ1) is 35.5. The van der Waals surface area contributed by atoms with Crippen LogP contribution in [-0.4, -0.2) is 81.8 Å². The van der Waals surface area contributed by atoms with Crippen molar-refractivity contribution in [2.24, 2.45) is 0 Å². The maximum atomic E-state index is 13.5. The molecule has 1 unspecified atom stereocenters. The fourth-order valence-corrected chi connectivity index (χ4v) is 7.20. The number of carbonyl (C=O) groups is 1. The van der Waals surface area contributed by atoms with Gasteiger partial charge < -0.3 is 18.4 Å². The minimum absolute atomic E-state index is 0.000192. The van der Waals surface area contributed by atoms with E-state index in [1.807, 2.05) is 18.2 Å². The second kappa shape index (κ2) is 14.6. The summed E-state index contributed by atoms with van der Waals surface area (Å²) in [7, 11) is -8.07. The van der Waals surface area contributed by atoms with E-state index in [0.717, 1.165) is 11.8 Å². The van der Waals surface area contributed by atoms with Crippen molar-refractivity contribution in [3.05, 3.63) is 77.6 Å². The highest BCUT2D eigenvalue weighted by Gasteiger charge is 2.50. The van der Waals surface area contributed by atoms with Gasteiger partial charge in [-0.15, -0.1) is 0 Å². The normalized spacial score (nSPS) is 22.4. The summed E-state index contributed by atoms with van der Waals surface area (Å²) in [5, 5.41) is 0. The standard InChI is InChI=1S/C30H37F3N2O9S2/c1-21-17-27(34(45(3,37)38)18-22-9-11-24(41-2)12-10-22)28(35(21)29(36)43-19-23-7-5-4-6-8-23)20-42-25-13-15-26(16-14-25)44-46(39,40)30(31,32)33/h4-12,15,21,25,27-28H,13-14,16-20H2,1-3H3/t21-,25?,27+,28+/m1/s1. The third kappa shape index (κ3) is 8.92. The third-order valence-corrected chi connectivity index (χ3v) is 10.1. The molecule has 2 aromatic carbocycles. The summed E-state index contributed by atoms with van der Waals surface area (Å²) in [5.74, 6) is 0.271. The predicted octanol–water partition coefficient (Wildman–Crippen LogP) is 4.94. The molecule has 11 nitrogen and oxygen atoms in total. The monoisotopic (exact) mass is 690 g/mol. The van der Waals surface area contributed by atoms with Crippen LogP contribution in [0, 0.1) is 0 Å². The van der Waals surface area contributed by atoms with Crippen molar-refractivity contribution in [1.29, 1.82) is 0 Å². The van der Waals surface area contributed by atoms with Crippen LogP contribution in [0.1, 0.15) is 43.7 Å². The Labute approximate surface area is 267 Å². The molecule has 0 radical (unpaired) electrons. The van der Waals surface area contributed by atoms with Crippen molar-refractivity contribution >= 4 is 26.2 Å². The van der Waals surface area contributed by atoms with Crippen molar-refractivity contribution < 1.29 is 53.2 Å². The van der Waals surface area contributed by atoms with Crippen LogP contribution < -0.4 is 4.74 Å². The van der Waals surface area contributed by atoms with E-state index < -0.39 is 56.0 Å². The average molecular weight is 691 g/mol. The first-order valence-corrected chi connectivity index (χ1v) is 17.7. The molecule has 0 aromatic heterocycles. The second-order valence-corrected chi connectivity index (χ2v) is 14.7. The highest BCUT2D eigenvalue weighted by Crippen LogP contribution is 2.34. The smallest absolute Gasteiger partial charge is 0.497 e. The van der Waals surface area contributed by atoms with Gasteiger partial charge in [0, 0.05) is 25.0 Å². The molecule has 0 spiro atoms. The van der Waals surface area contributed by atoms with Crippen molar-refractivity contribution in [1.82, 2.24) is 9.21 Å². The highest BCUT2D eigenvalue weighted by molar-refractivity contribution is 7.88. The van der Waals surface area contributed by atoms with Gasteiger partial charge in [0.2, 0.25) is 10.0 Å². The summed E-state index contributed by atoms with van der Waals surface area (Å²) in [5.41, 5.74) is -4.09. The van der Waals surface area contributed by atoms with E-state index >= 15 is 0 Å². The van der Waals surface area contributed by atoms with Gasteiger partial charge >= 0.3 is 21.7 Å². The number of sulfonamides is 1. The van der Waals surface area contributed by atoms with Gasteiger partial charge in [0.05, 0.1) is 32.1 Å². The van der Waals surface area contributed by atoms with Gasteiger partial charge in [0.1, 0.15) is 18.1 Å². The Kier molecular flexibility index (Phi) is 11.3. The minimum Gasteiger partial charge on any atom is -0.497 e. The molecule has 1 fully saturated rings. The zero-order chi connectivity index (χ0) is 33.7. The zero-order valence-corrected chi connectivity index (χ0v) is 27.2. The van der Waals surface area contributed by atoms with Gasteiger partial charge in [-0.05, 0) is 55.5 Å². The van der Waals surface area contributed by atoms with E-state index in [9.17, 15) is 34.8 Å². The molecule has 1 amide bonds. The molecular weight excluding hydrogens is 653 g/mol. The molecule has 0 bridgehead atoms. The summed E-state index contributed by atoms with van der Waals surface area (Å²) in [4.78, 5) is 15.0. The topological polar surface area (TPSA) is 129 Å². The van der Waals surface area contributed by atoms with Gasteiger partial charge in [-0.3, -0.25) is 4.90 Å². The number of rotatable bonds is 12. The molecule has 0 saturated carbocycles. The lowest BCUT2D eigenvalue weighted by atomic mass is 10.0. The van der Waals surface area contributed by atoms with Crippen LogP contribution in [0.4, 0.5) is 18.0 Å². The summed E-state index contributed by atoms with van der Waals surface area (Å²) in [6.07, 6.45) is 1.48. The number of alkyl halides is 3. The Morgan fingerprint density at radius 2 is 1.70 bits per heavy atom. The molecule has 1 aliphatic heterocycles.